The van der Waals surface area contributed by atoms with Crippen molar-refractivity contribution in [2.45, 2.75) is 33.7 Å². The maximum absolute atomic E-state index is 13.0. The summed E-state index contributed by atoms with van der Waals surface area (Å²) < 4.78 is 11.1. The molecule has 0 atom stereocenters. The Bertz CT molecular complexity index is 1210. The summed E-state index contributed by atoms with van der Waals surface area (Å²) >= 11 is 9.73. The molecule has 2 aliphatic heterocycles. The largest absolute Gasteiger partial charge is 0.465 e. The number of fused-ring (bicyclic) bond motifs is 1. The highest BCUT2D eigenvalue weighted by molar-refractivity contribution is 8.30. The number of esters is 2. The lowest BCUT2D eigenvalue weighted by atomic mass is 10.1. The van der Waals surface area contributed by atoms with E-state index >= 15 is 0 Å². The Kier molecular flexibility index (Phi) is 12.3. The standard InChI is InChI=1S/C28H35N3O6S4/c1-7-29(8-2)15-16-39-27(38)20(28-40-21(25(34)36-5)22(41-28)26(35)37-6)30(17(3)4)13-14-31-23(32)18-11-9-10-12-19(18)24(31)33/h9-12,17H,7-8,13-16H2,1-6H3. The Morgan fingerprint density at radius 3 is 1.90 bits per heavy atom. The minimum atomic E-state index is -0.639. The maximum Gasteiger partial charge on any atom is 0.346 e. The number of amides is 2. The Morgan fingerprint density at radius 2 is 1.46 bits per heavy atom. The molecule has 2 amide bonds. The zero-order valence-electron chi connectivity index (χ0n) is 24.1. The minimum absolute atomic E-state index is 0.0843. The van der Waals surface area contributed by atoms with Crippen LogP contribution in [0.3, 0.4) is 0 Å². The summed E-state index contributed by atoms with van der Waals surface area (Å²) in [6.07, 6.45) is 0. The Labute approximate surface area is 259 Å². The fraction of sp³-hybridized carbons (Fsp3) is 0.464. The average molecular weight is 638 g/mol. The van der Waals surface area contributed by atoms with Crippen LogP contribution in [0.4, 0.5) is 0 Å². The number of ether oxygens (including phenoxy) is 2. The molecule has 0 bridgehead atoms. The Morgan fingerprint density at radius 1 is 0.951 bits per heavy atom. The van der Waals surface area contributed by atoms with Gasteiger partial charge in [0.1, 0.15) is 9.81 Å². The zero-order valence-corrected chi connectivity index (χ0v) is 27.3. The molecule has 1 aromatic carbocycles. The number of hydrogen-bond acceptors (Lipinski definition) is 12. The molecule has 0 aromatic heterocycles. The first-order valence-corrected chi connectivity index (χ1v) is 16.2. The molecule has 13 heteroatoms. The van der Waals surface area contributed by atoms with Gasteiger partial charge >= 0.3 is 11.9 Å². The van der Waals surface area contributed by atoms with Gasteiger partial charge in [0.15, 0.2) is 0 Å². The summed E-state index contributed by atoms with van der Waals surface area (Å²) in [5.74, 6) is -1.18. The normalized spacial score (nSPS) is 14.7. The van der Waals surface area contributed by atoms with Crippen molar-refractivity contribution in [1.82, 2.24) is 14.7 Å². The Balaban J connectivity index is 1.95. The van der Waals surface area contributed by atoms with E-state index in [-0.39, 0.29) is 34.2 Å². The number of thiocarbonyl (C=S) groups is 1. The molecule has 2 aliphatic rings. The number of benzene rings is 1. The number of carbonyl (C=O) groups excluding carboxylic acids is 4. The van der Waals surface area contributed by atoms with Gasteiger partial charge in [-0.3, -0.25) is 14.5 Å². The molecule has 0 aliphatic carbocycles. The first kappa shape index (κ1) is 33.2. The number of nitrogens with zero attached hydrogens (tertiary/aromatic N) is 3. The van der Waals surface area contributed by atoms with Gasteiger partial charge in [-0.25, -0.2) is 9.59 Å². The monoisotopic (exact) mass is 637 g/mol. The summed E-state index contributed by atoms with van der Waals surface area (Å²) in [5, 5.41) is 0. The zero-order chi connectivity index (χ0) is 30.3. The quantitative estimate of drug-likeness (QED) is 0.131. The van der Waals surface area contributed by atoms with Crippen LogP contribution < -0.4 is 0 Å². The second-order valence-corrected chi connectivity index (χ2v) is 13.3. The molecular weight excluding hydrogens is 603 g/mol. The van der Waals surface area contributed by atoms with Gasteiger partial charge in [0, 0.05) is 31.4 Å². The third-order valence-electron chi connectivity index (χ3n) is 6.61. The lowest BCUT2D eigenvalue weighted by Crippen LogP contribution is -2.42. The van der Waals surface area contributed by atoms with Gasteiger partial charge < -0.3 is 19.3 Å². The van der Waals surface area contributed by atoms with E-state index in [4.69, 9.17) is 21.7 Å². The molecule has 0 N–H and O–H groups in total. The van der Waals surface area contributed by atoms with E-state index in [0.717, 1.165) is 48.9 Å². The van der Waals surface area contributed by atoms with E-state index < -0.39 is 11.9 Å². The van der Waals surface area contributed by atoms with Gasteiger partial charge in [0.2, 0.25) is 0 Å². The van der Waals surface area contributed by atoms with Crippen molar-refractivity contribution in [3.63, 3.8) is 0 Å². The first-order chi connectivity index (χ1) is 19.6. The van der Waals surface area contributed by atoms with Crippen LogP contribution in [0.1, 0.15) is 48.4 Å². The summed E-state index contributed by atoms with van der Waals surface area (Å²) in [5.41, 5.74) is 1.46. The van der Waals surface area contributed by atoms with Crippen molar-refractivity contribution in [2.75, 3.05) is 52.7 Å². The van der Waals surface area contributed by atoms with Gasteiger partial charge in [-0.15, -0.1) is 11.8 Å². The van der Waals surface area contributed by atoms with Crippen LogP contribution in [0.2, 0.25) is 0 Å². The van der Waals surface area contributed by atoms with Crippen LogP contribution in [0.5, 0.6) is 0 Å². The van der Waals surface area contributed by atoms with Crippen molar-refractivity contribution >= 4 is 75.5 Å². The number of rotatable bonds is 13. The van der Waals surface area contributed by atoms with Crippen LogP contribution in [0.25, 0.3) is 0 Å². The lowest BCUT2D eigenvalue weighted by molar-refractivity contribution is -0.138. The molecule has 3 rings (SSSR count). The average Bonchev–Trinajstić information content (AvgIpc) is 3.51. The van der Waals surface area contributed by atoms with E-state index in [1.165, 1.54) is 30.9 Å². The second kappa shape index (κ2) is 15.2. The van der Waals surface area contributed by atoms with Gasteiger partial charge in [0.25, 0.3) is 11.8 Å². The molecule has 0 spiro atoms. The van der Waals surface area contributed by atoms with E-state index in [2.05, 4.69) is 18.7 Å². The Hall–Kier alpha value is -2.32. The van der Waals surface area contributed by atoms with E-state index in [9.17, 15) is 19.2 Å². The summed E-state index contributed by atoms with van der Waals surface area (Å²) in [4.78, 5) is 57.1. The minimum Gasteiger partial charge on any atom is -0.465 e. The number of hydrogen-bond donors (Lipinski definition) is 0. The number of imide groups is 1. The highest BCUT2D eigenvalue weighted by Gasteiger charge is 2.38. The summed E-state index contributed by atoms with van der Waals surface area (Å²) in [7, 11) is 2.52. The molecule has 2 heterocycles. The van der Waals surface area contributed by atoms with Crippen molar-refractivity contribution in [1.29, 1.82) is 0 Å². The van der Waals surface area contributed by atoms with Crippen molar-refractivity contribution in [3.05, 3.63) is 55.1 Å². The molecule has 1 aromatic rings. The predicted octanol–water partition coefficient (Wildman–Crippen LogP) is 4.60. The SMILES string of the molecule is CCN(CC)CCSC(=S)C(=C1SC(C(=O)OC)=C(C(=O)OC)S1)N(CCN1C(=O)c2ccccc2C1=O)C(C)C. The van der Waals surface area contributed by atoms with Crippen molar-refractivity contribution in [3.8, 4) is 0 Å². The van der Waals surface area contributed by atoms with Crippen molar-refractivity contribution < 1.29 is 28.7 Å². The first-order valence-electron chi connectivity index (χ1n) is 13.2. The third kappa shape index (κ3) is 7.56. The third-order valence-corrected chi connectivity index (χ3v) is 10.5. The number of methoxy groups -OCH3 is 2. The van der Waals surface area contributed by atoms with Crippen LogP contribution in [0, 0.1) is 0 Å². The fourth-order valence-electron chi connectivity index (χ4n) is 4.32. The molecule has 0 unspecified atom stereocenters. The van der Waals surface area contributed by atoms with Crippen LogP contribution in [-0.4, -0.2) is 101 Å². The lowest BCUT2D eigenvalue weighted by Gasteiger charge is -2.34. The maximum atomic E-state index is 13.0. The van der Waals surface area contributed by atoms with Crippen LogP contribution in [-0.2, 0) is 19.1 Å². The molecule has 9 nitrogen and oxygen atoms in total. The molecule has 41 heavy (non-hydrogen) atoms. The molecule has 0 saturated carbocycles. The van der Waals surface area contributed by atoms with E-state index in [1.807, 2.05) is 18.7 Å². The molecule has 222 valence electrons. The van der Waals surface area contributed by atoms with Crippen LogP contribution in [0.15, 0.2) is 44.0 Å². The second-order valence-electron chi connectivity index (χ2n) is 9.24. The highest BCUT2D eigenvalue weighted by atomic mass is 32.2. The fourth-order valence-corrected chi connectivity index (χ4v) is 8.54. The van der Waals surface area contributed by atoms with Gasteiger partial charge in [-0.1, -0.05) is 61.7 Å². The summed E-state index contributed by atoms with van der Waals surface area (Å²) in [6.45, 7) is 11.4. The number of thioether (sulfide) groups is 3. The topological polar surface area (TPSA) is 96.5 Å². The summed E-state index contributed by atoms with van der Waals surface area (Å²) in [6, 6.07) is 6.71. The molecule has 0 fully saturated rings. The molecule has 0 saturated heterocycles. The molecule has 0 radical (unpaired) electrons. The predicted molar refractivity (Wildman–Crippen MR) is 170 cm³/mol. The van der Waals surface area contributed by atoms with E-state index in [1.54, 1.807) is 24.3 Å². The van der Waals surface area contributed by atoms with Crippen LogP contribution >= 0.6 is 47.5 Å². The van der Waals surface area contributed by atoms with Gasteiger partial charge in [-0.2, -0.15) is 0 Å². The smallest absolute Gasteiger partial charge is 0.346 e. The van der Waals surface area contributed by atoms with E-state index in [0.29, 0.717) is 31.8 Å². The molecular formula is C28H35N3O6S4. The highest BCUT2D eigenvalue weighted by Crippen LogP contribution is 2.52. The number of carbonyl (C=O) groups is 4. The van der Waals surface area contributed by atoms with Gasteiger partial charge in [-0.05, 0) is 39.1 Å². The van der Waals surface area contributed by atoms with Gasteiger partial charge in [0.05, 0.1) is 39.5 Å². The van der Waals surface area contributed by atoms with Crippen molar-refractivity contribution in [2.24, 2.45) is 0 Å².